The van der Waals surface area contributed by atoms with Gasteiger partial charge in [-0.3, -0.25) is 0 Å². The average Bonchev–Trinajstić information content (AvgIpc) is 2.70. The van der Waals surface area contributed by atoms with Crippen LogP contribution in [0.25, 0.3) is 0 Å². The van der Waals surface area contributed by atoms with E-state index in [4.69, 9.17) is 0 Å². The molecular weight excluding hydrogens is 280 g/mol. The zero-order valence-electron chi connectivity index (χ0n) is 9.94. The highest BCUT2D eigenvalue weighted by Gasteiger charge is 2.01. The lowest BCUT2D eigenvalue weighted by Gasteiger charge is -2.06. The molecule has 0 fully saturated rings. The molecule has 1 heterocycles. The highest BCUT2D eigenvalue weighted by molar-refractivity contribution is 9.10. The third kappa shape index (κ3) is 3.14. The van der Waals surface area contributed by atoms with E-state index in [1.54, 1.807) is 6.33 Å². The molecule has 0 unspecified atom stereocenters. The molecule has 0 atom stereocenters. The lowest BCUT2D eigenvalue weighted by Crippen LogP contribution is -2.15. The summed E-state index contributed by atoms with van der Waals surface area (Å²) in [6.07, 6.45) is 1.71. The van der Waals surface area contributed by atoms with E-state index >= 15 is 0 Å². The van der Waals surface area contributed by atoms with Gasteiger partial charge in [0.1, 0.15) is 12.2 Å². The highest BCUT2D eigenvalue weighted by Crippen LogP contribution is 2.16. The number of nitrogens with one attached hydrogen (secondary N) is 1. The third-order valence-corrected chi connectivity index (χ3v) is 3.53. The first-order valence-corrected chi connectivity index (χ1v) is 6.25. The summed E-state index contributed by atoms with van der Waals surface area (Å²) in [5.41, 5.74) is 2.52. The summed E-state index contributed by atoms with van der Waals surface area (Å²) in [6.45, 7) is 3.66. The van der Waals surface area contributed by atoms with Gasteiger partial charge in [0.2, 0.25) is 0 Å². The van der Waals surface area contributed by atoms with Crippen molar-refractivity contribution in [3.05, 3.63) is 46.0 Å². The predicted octanol–water partition coefficient (Wildman–Crippen LogP) is 2.18. The maximum Gasteiger partial charge on any atom is 0.146 e. The number of hydrogen-bond acceptors (Lipinski definition) is 3. The molecule has 1 aromatic heterocycles. The molecule has 1 N–H and O–H groups in total. The minimum atomic E-state index is 0.728. The third-order valence-electron chi connectivity index (χ3n) is 2.64. The van der Waals surface area contributed by atoms with Crippen molar-refractivity contribution in [2.45, 2.75) is 20.0 Å². The fraction of sp³-hybridized carbons (Fsp3) is 0.333. The van der Waals surface area contributed by atoms with Gasteiger partial charge < -0.3 is 9.88 Å². The Morgan fingerprint density at radius 1 is 1.35 bits per heavy atom. The van der Waals surface area contributed by atoms with Crippen molar-refractivity contribution in [3.8, 4) is 0 Å². The van der Waals surface area contributed by atoms with Gasteiger partial charge in [0.25, 0.3) is 0 Å². The average molecular weight is 295 g/mol. The van der Waals surface area contributed by atoms with E-state index in [1.807, 2.05) is 11.6 Å². The Morgan fingerprint density at radius 2 is 2.18 bits per heavy atom. The van der Waals surface area contributed by atoms with E-state index < -0.39 is 0 Å². The maximum atomic E-state index is 4.02. The topological polar surface area (TPSA) is 42.7 Å². The molecule has 2 rings (SSSR count). The van der Waals surface area contributed by atoms with Crippen LogP contribution in [0.5, 0.6) is 0 Å². The van der Waals surface area contributed by atoms with Crippen molar-refractivity contribution < 1.29 is 0 Å². The molecule has 90 valence electrons. The van der Waals surface area contributed by atoms with Gasteiger partial charge in [0.15, 0.2) is 0 Å². The lowest BCUT2D eigenvalue weighted by atomic mass is 10.1. The van der Waals surface area contributed by atoms with Crippen LogP contribution in [-0.2, 0) is 20.1 Å². The highest BCUT2D eigenvalue weighted by atomic mass is 79.9. The van der Waals surface area contributed by atoms with E-state index in [-0.39, 0.29) is 0 Å². The van der Waals surface area contributed by atoms with Gasteiger partial charge in [0.05, 0.1) is 6.54 Å². The predicted molar refractivity (Wildman–Crippen MR) is 70.4 cm³/mol. The van der Waals surface area contributed by atoms with Crippen LogP contribution in [0.1, 0.15) is 17.0 Å². The van der Waals surface area contributed by atoms with Gasteiger partial charge in [-0.05, 0) is 24.1 Å². The van der Waals surface area contributed by atoms with E-state index in [1.165, 1.54) is 11.1 Å². The van der Waals surface area contributed by atoms with Crippen molar-refractivity contribution in [1.82, 2.24) is 20.1 Å². The number of aryl methyl sites for hydroxylation is 2. The summed E-state index contributed by atoms with van der Waals surface area (Å²) in [5, 5.41) is 11.2. The van der Waals surface area contributed by atoms with Crippen LogP contribution in [-0.4, -0.2) is 14.8 Å². The van der Waals surface area contributed by atoms with Gasteiger partial charge in [0, 0.05) is 18.1 Å². The maximum absolute atomic E-state index is 4.02. The second kappa shape index (κ2) is 5.42. The molecule has 5 heteroatoms. The summed E-state index contributed by atoms with van der Waals surface area (Å²) in [4.78, 5) is 0. The van der Waals surface area contributed by atoms with Crippen LogP contribution in [0.2, 0.25) is 0 Å². The van der Waals surface area contributed by atoms with Crippen LogP contribution >= 0.6 is 15.9 Å². The molecule has 0 amide bonds. The van der Waals surface area contributed by atoms with E-state index in [2.05, 4.69) is 56.6 Å². The second-order valence-electron chi connectivity index (χ2n) is 4.05. The summed E-state index contributed by atoms with van der Waals surface area (Å²) < 4.78 is 3.06. The number of rotatable bonds is 4. The van der Waals surface area contributed by atoms with Crippen LogP contribution in [0.4, 0.5) is 0 Å². The minimum absolute atomic E-state index is 0.728. The van der Waals surface area contributed by atoms with Gasteiger partial charge in [-0.15, -0.1) is 10.2 Å². The number of halogens is 1. The van der Waals surface area contributed by atoms with Crippen molar-refractivity contribution >= 4 is 15.9 Å². The standard InChI is InChI=1S/C12H15BrN4/c1-9-5-10(3-4-11(9)13)6-14-7-12-16-15-8-17(12)2/h3-5,8,14H,6-7H2,1-2H3. The lowest BCUT2D eigenvalue weighted by molar-refractivity contribution is 0.637. The van der Waals surface area contributed by atoms with Gasteiger partial charge in [-0.2, -0.15) is 0 Å². The normalized spacial score (nSPS) is 10.8. The Bertz CT molecular complexity index is 507. The zero-order valence-corrected chi connectivity index (χ0v) is 11.5. The molecular formula is C12H15BrN4. The summed E-state index contributed by atoms with van der Waals surface area (Å²) >= 11 is 3.50. The minimum Gasteiger partial charge on any atom is -0.320 e. The molecule has 0 saturated carbocycles. The second-order valence-corrected chi connectivity index (χ2v) is 4.90. The number of benzene rings is 1. The Balaban J connectivity index is 1.90. The smallest absolute Gasteiger partial charge is 0.146 e. The SMILES string of the molecule is Cc1cc(CNCc2nncn2C)ccc1Br. The molecule has 0 aliphatic carbocycles. The number of hydrogen-bond donors (Lipinski definition) is 1. The molecule has 0 aliphatic heterocycles. The molecule has 0 bridgehead atoms. The van der Waals surface area contributed by atoms with Crippen LogP contribution in [0.3, 0.4) is 0 Å². The Labute approximate surface area is 109 Å². The summed E-state index contributed by atoms with van der Waals surface area (Å²) in [6, 6.07) is 6.36. The molecule has 0 saturated heterocycles. The molecule has 1 aromatic carbocycles. The first-order chi connectivity index (χ1) is 8.16. The van der Waals surface area contributed by atoms with Gasteiger partial charge in [-0.1, -0.05) is 28.1 Å². The van der Waals surface area contributed by atoms with E-state index in [0.29, 0.717) is 0 Å². The van der Waals surface area contributed by atoms with Crippen molar-refractivity contribution in [2.24, 2.45) is 7.05 Å². The van der Waals surface area contributed by atoms with Crippen molar-refractivity contribution in [2.75, 3.05) is 0 Å². The molecule has 0 aliphatic rings. The Hall–Kier alpha value is -1.20. The molecule has 4 nitrogen and oxygen atoms in total. The quantitative estimate of drug-likeness (QED) is 0.940. The van der Waals surface area contributed by atoms with Gasteiger partial charge >= 0.3 is 0 Å². The Kier molecular flexibility index (Phi) is 3.91. The van der Waals surface area contributed by atoms with E-state index in [9.17, 15) is 0 Å². The van der Waals surface area contributed by atoms with Crippen molar-refractivity contribution in [3.63, 3.8) is 0 Å². The molecule has 0 spiro atoms. The molecule has 0 radical (unpaired) electrons. The van der Waals surface area contributed by atoms with E-state index in [0.717, 1.165) is 23.4 Å². The zero-order chi connectivity index (χ0) is 12.3. The Morgan fingerprint density at radius 3 is 2.82 bits per heavy atom. The fourth-order valence-electron chi connectivity index (χ4n) is 1.60. The summed E-state index contributed by atoms with van der Waals surface area (Å²) in [7, 11) is 1.95. The van der Waals surface area contributed by atoms with Crippen LogP contribution < -0.4 is 5.32 Å². The molecule has 17 heavy (non-hydrogen) atoms. The van der Waals surface area contributed by atoms with Crippen LogP contribution in [0, 0.1) is 6.92 Å². The monoisotopic (exact) mass is 294 g/mol. The number of aromatic nitrogens is 3. The van der Waals surface area contributed by atoms with Crippen molar-refractivity contribution in [1.29, 1.82) is 0 Å². The fourth-order valence-corrected chi connectivity index (χ4v) is 1.85. The first kappa shape index (κ1) is 12.3. The van der Waals surface area contributed by atoms with Gasteiger partial charge in [-0.25, -0.2) is 0 Å². The summed E-state index contributed by atoms with van der Waals surface area (Å²) in [5.74, 6) is 0.943. The van der Waals surface area contributed by atoms with Crippen LogP contribution in [0.15, 0.2) is 29.0 Å². The largest absolute Gasteiger partial charge is 0.320 e. The first-order valence-electron chi connectivity index (χ1n) is 5.45. The number of nitrogens with zero attached hydrogens (tertiary/aromatic N) is 3. The molecule has 2 aromatic rings.